The van der Waals surface area contributed by atoms with E-state index in [4.69, 9.17) is 4.74 Å². The van der Waals surface area contributed by atoms with E-state index in [1.807, 2.05) is 6.08 Å². The van der Waals surface area contributed by atoms with Gasteiger partial charge in [-0.3, -0.25) is 0 Å². The molecule has 2 rings (SSSR count). The number of rotatable bonds is 3. The maximum Gasteiger partial charge on any atom is 0.249 e. The summed E-state index contributed by atoms with van der Waals surface area (Å²) in [5, 5.41) is 1.72. The van der Waals surface area contributed by atoms with Gasteiger partial charge in [-0.05, 0) is 25.7 Å². The van der Waals surface area contributed by atoms with E-state index < -0.39 is 10.0 Å². The van der Waals surface area contributed by atoms with E-state index in [-0.39, 0.29) is 0 Å². The second-order valence-electron chi connectivity index (χ2n) is 4.11. The molecule has 0 saturated carbocycles. The molecule has 1 aliphatic heterocycles. The Hall–Kier alpha value is -0.430. The molecule has 0 amide bonds. The number of sulfonamides is 1. The number of morpholine rings is 1. The summed E-state index contributed by atoms with van der Waals surface area (Å²) in [5.74, 6) is 0. The molecule has 2 aliphatic rings. The second-order valence-corrected chi connectivity index (χ2v) is 5.82. The molecular weight excluding hydrogens is 228 g/mol. The van der Waals surface area contributed by atoms with Crippen LogP contribution in [0.1, 0.15) is 25.7 Å². The minimum atomic E-state index is -3.30. The van der Waals surface area contributed by atoms with Gasteiger partial charge in [0.25, 0.3) is 0 Å². The molecule has 0 atom stereocenters. The van der Waals surface area contributed by atoms with Crippen LogP contribution in [0.5, 0.6) is 0 Å². The zero-order chi connectivity index (χ0) is 11.4. The topological polar surface area (TPSA) is 58.6 Å². The van der Waals surface area contributed by atoms with Gasteiger partial charge in [0.2, 0.25) is 10.0 Å². The summed E-state index contributed by atoms with van der Waals surface area (Å²) in [6.07, 6.45) is 5.44. The summed E-state index contributed by atoms with van der Waals surface area (Å²) in [6.45, 7) is 2.40. The monoisotopic (exact) mass is 246 g/mol. The minimum Gasteiger partial charge on any atom is -0.379 e. The summed E-state index contributed by atoms with van der Waals surface area (Å²) >= 11 is 0. The van der Waals surface area contributed by atoms with Crippen LogP contribution in [-0.2, 0) is 14.8 Å². The van der Waals surface area contributed by atoms with Crippen molar-refractivity contribution >= 4 is 10.0 Å². The molecular formula is C10H18N2O3S. The quantitative estimate of drug-likeness (QED) is 0.792. The van der Waals surface area contributed by atoms with Gasteiger partial charge in [0, 0.05) is 13.1 Å². The molecule has 1 N–H and O–H groups in total. The summed E-state index contributed by atoms with van der Waals surface area (Å²) in [5.41, 5.74) is 0. The van der Waals surface area contributed by atoms with Crippen molar-refractivity contribution in [3.63, 3.8) is 0 Å². The highest BCUT2D eigenvalue weighted by molar-refractivity contribution is 7.93. The fraction of sp³-hybridized carbons (Fsp3) is 0.800. The first kappa shape index (κ1) is 12.0. The van der Waals surface area contributed by atoms with Gasteiger partial charge in [-0.2, -0.15) is 0 Å². The van der Waals surface area contributed by atoms with Crippen molar-refractivity contribution in [1.29, 1.82) is 0 Å². The van der Waals surface area contributed by atoms with E-state index in [2.05, 4.69) is 4.83 Å². The van der Waals surface area contributed by atoms with E-state index >= 15 is 0 Å². The van der Waals surface area contributed by atoms with E-state index in [0.29, 0.717) is 37.6 Å². The molecule has 0 aromatic rings. The summed E-state index contributed by atoms with van der Waals surface area (Å²) < 4.78 is 29.2. The number of allylic oxidation sites excluding steroid dienone is 2. The maximum atomic E-state index is 12.0. The Kier molecular flexibility index (Phi) is 3.96. The van der Waals surface area contributed by atoms with Crippen LogP contribution in [0.25, 0.3) is 0 Å². The predicted molar refractivity (Wildman–Crippen MR) is 61.0 cm³/mol. The largest absolute Gasteiger partial charge is 0.379 e. The van der Waals surface area contributed by atoms with Crippen LogP contribution >= 0.6 is 0 Å². The molecule has 5 nitrogen and oxygen atoms in total. The first-order valence-corrected chi connectivity index (χ1v) is 7.21. The average Bonchev–Trinajstić information content (AvgIpc) is 2.31. The fourth-order valence-corrected chi connectivity index (χ4v) is 3.33. The Balaban J connectivity index is 1.98. The molecule has 0 spiro atoms. The van der Waals surface area contributed by atoms with Gasteiger partial charge < -0.3 is 4.74 Å². The Morgan fingerprint density at radius 1 is 1.25 bits per heavy atom. The van der Waals surface area contributed by atoms with Crippen molar-refractivity contribution in [2.75, 3.05) is 26.3 Å². The van der Waals surface area contributed by atoms with Gasteiger partial charge in [0.15, 0.2) is 0 Å². The SMILES string of the molecule is O=S(=O)(NN1CCOCC1)C1=CCCCC1. The molecule has 92 valence electrons. The molecule has 16 heavy (non-hydrogen) atoms. The molecule has 1 heterocycles. The van der Waals surface area contributed by atoms with E-state index in [1.165, 1.54) is 0 Å². The lowest BCUT2D eigenvalue weighted by Gasteiger charge is -2.27. The van der Waals surface area contributed by atoms with Crippen molar-refractivity contribution in [3.8, 4) is 0 Å². The summed E-state index contributed by atoms with van der Waals surface area (Å²) in [7, 11) is -3.30. The zero-order valence-corrected chi connectivity index (χ0v) is 10.1. The molecule has 6 heteroatoms. The van der Waals surface area contributed by atoms with Crippen LogP contribution in [0.4, 0.5) is 0 Å². The van der Waals surface area contributed by atoms with E-state index in [9.17, 15) is 8.42 Å². The number of nitrogens with zero attached hydrogens (tertiary/aromatic N) is 1. The highest BCUT2D eigenvalue weighted by Crippen LogP contribution is 2.21. The Morgan fingerprint density at radius 2 is 2.00 bits per heavy atom. The van der Waals surface area contributed by atoms with Crippen LogP contribution in [0.15, 0.2) is 11.0 Å². The van der Waals surface area contributed by atoms with Gasteiger partial charge in [-0.15, -0.1) is 4.83 Å². The van der Waals surface area contributed by atoms with E-state index in [1.54, 1.807) is 5.01 Å². The van der Waals surface area contributed by atoms with Crippen molar-refractivity contribution in [2.24, 2.45) is 0 Å². The summed E-state index contributed by atoms with van der Waals surface area (Å²) in [4.78, 5) is 3.17. The Labute approximate surface area is 96.5 Å². The smallest absolute Gasteiger partial charge is 0.249 e. The predicted octanol–water partition coefficient (Wildman–Crippen LogP) is 0.611. The van der Waals surface area contributed by atoms with Crippen LogP contribution < -0.4 is 4.83 Å². The summed E-state index contributed by atoms with van der Waals surface area (Å²) in [6, 6.07) is 0. The van der Waals surface area contributed by atoms with Crippen molar-refractivity contribution in [1.82, 2.24) is 9.84 Å². The number of ether oxygens (including phenoxy) is 1. The third-order valence-corrected chi connectivity index (χ3v) is 4.41. The lowest BCUT2D eigenvalue weighted by atomic mass is 10.1. The molecule has 0 bridgehead atoms. The highest BCUT2D eigenvalue weighted by atomic mass is 32.2. The van der Waals surface area contributed by atoms with Gasteiger partial charge in [0.05, 0.1) is 18.1 Å². The van der Waals surface area contributed by atoms with Gasteiger partial charge >= 0.3 is 0 Å². The average molecular weight is 246 g/mol. The normalized spacial score (nSPS) is 24.1. The third-order valence-electron chi connectivity index (χ3n) is 2.85. The first-order chi connectivity index (χ1) is 7.68. The Morgan fingerprint density at radius 3 is 2.62 bits per heavy atom. The molecule has 1 fully saturated rings. The number of nitrogens with one attached hydrogen (secondary N) is 1. The standard InChI is InChI=1S/C10H18N2O3S/c13-16(14,10-4-2-1-3-5-10)11-12-6-8-15-9-7-12/h4,11H,1-3,5-9H2. The van der Waals surface area contributed by atoms with Crippen LogP contribution in [0, 0.1) is 0 Å². The van der Waals surface area contributed by atoms with Gasteiger partial charge in [0.1, 0.15) is 0 Å². The molecule has 0 radical (unpaired) electrons. The number of hydrogen-bond acceptors (Lipinski definition) is 4. The molecule has 1 saturated heterocycles. The van der Waals surface area contributed by atoms with Crippen LogP contribution in [-0.4, -0.2) is 39.7 Å². The van der Waals surface area contributed by atoms with Crippen molar-refractivity contribution in [3.05, 3.63) is 11.0 Å². The molecule has 0 aromatic heterocycles. The van der Waals surface area contributed by atoms with Gasteiger partial charge in [-0.1, -0.05) is 6.08 Å². The fourth-order valence-electron chi connectivity index (χ4n) is 1.94. The van der Waals surface area contributed by atoms with Crippen LogP contribution in [0.3, 0.4) is 0 Å². The van der Waals surface area contributed by atoms with Crippen molar-refractivity contribution in [2.45, 2.75) is 25.7 Å². The van der Waals surface area contributed by atoms with Crippen LogP contribution in [0.2, 0.25) is 0 Å². The third kappa shape index (κ3) is 3.04. The second kappa shape index (κ2) is 5.27. The number of hydrazine groups is 1. The van der Waals surface area contributed by atoms with Crippen molar-refractivity contribution < 1.29 is 13.2 Å². The lowest BCUT2D eigenvalue weighted by Crippen LogP contribution is -2.48. The molecule has 0 aromatic carbocycles. The highest BCUT2D eigenvalue weighted by Gasteiger charge is 2.23. The lowest BCUT2D eigenvalue weighted by molar-refractivity contribution is 0.0273. The molecule has 0 unspecified atom stereocenters. The Bertz CT molecular complexity index is 358. The maximum absolute atomic E-state index is 12.0. The minimum absolute atomic E-state index is 0.547. The van der Waals surface area contributed by atoms with Gasteiger partial charge in [-0.25, -0.2) is 13.4 Å². The molecule has 1 aliphatic carbocycles. The van der Waals surface area contributed by atoms with E-state index in [0.717, 1.165) is 19.3 Å². The zero-order valence-electron chi connectivity index (χ0n) is 9.31. The first-order valence-electron chi connectivity index (χ1n) is 5.73. The number of hydrogen-bond donors (Lipinski definition) is 1.